The lowest BCUT2D eigenvalue weighted by Crippen LogP contribution is -2.18. The fraction of sp³-hybridized carbons (Fsp3) is 0.471. The number of nitrogens with zero attached hydrogens (tertiary/aromatic N) is 2. The van der Waals surface area contributed by atoms with Crippen LogP contribution in [0.25, 0.3) is 0 Å². The Morgan fingerprint density at radius 2 is 1.75 bits per heavy atom. The van der Waals surface area contributed by atoms with Gasteiger partial charge in [0.1, 0.15) is 5.82 Å². The van der Waals surface area contributed by atoms with E-state index in [4.69, 9.17) is 0 Å². The summed E-state index contributed by atoms with van der Waals surface area (Å²) in [5.74, 6) is 0.519. The van der Waals surface area contributed by atoms with E-state index in [1.807, 2.05) is 19.1 Å². The van der Waals surface area contributed by atoms with Gasteiger partial charge in [-0.15, -0.1) is 0 Å². The molecule has 132 valence electrons. The highest BCUT2D eigenvalue weighted by atomic mass is 79.9. The molecule has 0 atom stereocenters. The molecule has 1 aromatic carbocycles. The molecule has 0 fully saturated rings. The minimum Gasteiger partial charge on any atom is -0.264 e. The van der Waals surface area contributed by atoms with Crippen LogP contribution in [0.2, 0.25) is 0 Å². The molecule has 1 heterocycles. The predicted molar refractivity (Wildman–Crippen MR) is 101 cm³/mol. The summed E-state index contributed by atoms with van der Waals surface area (Å²) < 4.78 is 31.1. The van der Waals surface area contributed by atoms with Crippen LogP contribution in [-0.2, 0) is 16.6 Å². The van der Waals surface area contributed by atoms with Crippen molar-refractivity contribution >= 4 is 31.8 Å². The molecule has 5 nitrogen and oxygen atoms in total. The van der Waals surface area contributed by atoms with E-state index in [1.165, 1.54) is 0 Å². The lowest BCUT2D eigenvalue weighted by molar-refractivity contribution is 0.554. The molecule has 0 amide bonds. The van der Waals surface area contributed by atoms with Crippen molar-refractivity contribution in [2.45, 2.75) is 58.4 Å². The molecule has 0 saturated heterocycles. The highest BCUT2D eigenvalue weighted by Gasteiger charge is 2.22. The van der Waals surface area contributed by atoms with Gasteiger partial charge >= 0.3 is 0 Å². The van der Waals surface area contributed by atoms with Crippen molar-refractivity contribution < 1.29 is 8.42 Å². The molecule has 0 radical (unpaired) electrons. The molecule has 2 rings (SSSR count). The zero-order chi connectivity index (χ0) is 17.9. The Morgan fingerprint density at radius 1 is 1.12 bits per heavy atom. The number of rotatable bonds is 7. The third kappa shape index (κ3) is 4.39. The fourth-order valence-electron chi connectivity index (χ4n) is 2.82. The normalized spacial score (nSPS) is 11.7. The van der Waals surface area contributed by atoms with E-state index in [0.29, 0.717) is 28.4 Å². The summed E-state index contributed by atoms with van der Waals surface area (Å²) in [6.45, 7) is 8.31. The SMILES string of the molecule is CCCCCn1nc(C)cc1NS(=O)(=O)c1c(C)cc(Br)cc1C. The van der Waals surface area contributed by atoms with Crippen LogP contribution in [0, 0.1) is 20.8 Å². The number of aromatic nitrogens is 2. The first-order chi connectivity index (χ1) is 11.2. The van der Waals surface area contributed by atoms with Gasteiger partial charge in [-0.3, -0.25) is 4.72 Å². The van der Waals surface area contributed by atoms with Gasteiger partial charge in [-0.25, -0.2) is 13.1 Å². The molecular weight excluding hydrogens is 390 g/mol. The zero-order valence-corrected chi connectivity index (χ0v) is 17.0. The van der Waals surface area contributed by atoms with E-state index in [0.717, 1.165) is 29.4 Å². The molecule has 1 aromatic heterocycles. The van der Waals surface area contributed by atoms with Crippen LogP contribution >= 0.6 is 15.9 Å². The van der Waals surface area contributed by atoms with Gasteiger partial charge in [0, 0.05) is 17.1 Å². The predicted octanol–water partition coefficient (Wildman–Crippen LogP) is 4.56. The Labute approximate surface area is 152 Å². The van der Waals surface area contributed by atoms with Gasteiger partial charge in [-0.2, -0.15) is 5.10 Å². The Kier molecular flexibility index (Phi) is 6.09. The summed E-state index contributed by atoms with van der Waals surface area (Å²) in [6.07, 6.45) is 3.18. The lowest BCUT2D eigenvalue weighted by atomic mass is 10.2. The molecule has 0 aliphatic rings. The topological polar surface area (TPSA) is 64.0 Å². The molecule has 0 bridgehead atoms. The molecule has 7 heteroatoms. The summed E-state index contributed by atoms with van der Waals surface area (Å²) in [4.78, 5) is 0.324. The second-order valence-electron chi connectivity index (χ2n) is 6.08. The van der Waals surface area contributed by atoms with Crippen LogP contribution < -0.4 is 4.72 Å². The van der Waals surface area contributed by atoms with Crippen molar-refractivity contribution in [1.82, 2.24) is 9.78 Å². The summed E-state index contributed by atoms with van der Waals surface area (Å²) in [5, 5.41) is 4.40. The first kappa shape index (κ1) is 19.0. The maximum atomic E-state index is 12.9. The number of unbranched alkanes of at least 4 members (excludes halogenated alkanes) is 2. The number of nitrogens with one attached hydrogen (secondary N) is 1. The third-order valence-corrected chi connectivity index (χ3v) is 5.93. The highest BCUT2D eigenvalue weighted by Crippen LogP contribution is 2.27. The Bertz CT molecular complexity index is 805. The van der Waals surface area contributed by atoms with E-state index >= 15 is 0 Å². The van der Waals surface area contributed by atoms with Crippen molar-refractivity contribution in [3.63, 3.8) is 0 Å². The van der Waals surface area contributed by atoms with Gasteiger partial charge in [-0.1, -0.05) is 35.7 Å². The number of sulfonamides is 1. The van der Waals surface area contributed by atoms with Crippen molar-refractivity contribution in [3.05, 3.63) is 39.5 Å². The van der Waals surface area contributed by atoms with E-state index in [1.54, 1.807) is 24.6 Å². The first-order valence-electron chi connectivity index (χ1n) is 8.08. The number of benzene rings is 1. The van der Waals surface area contributed by atoms with Crippen molar-refractivity contribution in [2.24, 2.45) is 0 Å². The smallest absolute Gasteiger partial charge is 0.263 e. The maximum absolute atomic E-state index is 12.9. The molecule has 0 aliphatic heterocycles. The minimum absolute atomic E-state index is 0.324. The van der Waals surface area contributed by atoms with Crippen molar-refractivity contribution in [3.8, 4) is 0 Å². The number of hydrogen-bond acceptors (Lipinski definition) is 3. The highest BCUT2D eigenvalue weighted by molar-refractivity contribution is 9.10. The van der Waals surface area contributed by atoms with Gasteiger partial charge in [-0.05, 0) is 50.5 Å². The standard InChI is InChI=1S/C17H24BrN3O2S/c1-5-6-7-8-21-16(11-14(4)19-21)20-24(22,23)17-12(2)9-15(18)10-13(17)3/h9-11,20H,5-8H2,1-4H3. The number of hydrogen-bond donors (Lipinski definition) is 1. The van der Waals surface area contributed by atoms with E-state index in [-0.39, 0.29) is 0 Å². The average molecular weight is 414 g/mol. The zero-order valence-electron chi connectivity index (χ0n) is 14.6. The summed E-state index contributed by atoms with van der Waals surface area (Å²) >= 11 is 3.40. The van der Waals surface area contributed by atoms with Crippen LogP contribution in [-0.4, -0.2) is 18.2 Å². The van der Waals surface area contributed by atoms with Crippen molar-refractivity contribution in [1.29, 1.82) is 0 Å². The van der Waals surface area contributed by atoms with Gasteiger partial charge in [0.25, 0.3) is 10.0 Å². The monoisotopic (exact) mass is 413 g/mol. The Balaban J connectivity index is 2.34. The molecule has 24 heavy (non-hydrogen) atoms. The number of halogens is 1. The summed E-state index contributed by atoms with van der Waals surface area (Å²) in [7, 11) is -3.66. The molecular formula is C17H24BrN3O2S. The first-order valence-corrected chi connectivity index (χ1v) is 10.4. The average Bonchev–Trinajstić information content (AvgIpc) is 2.76. The largest absolute Gasteiger partial charge is 0.264 e. The molecule has 0 saturated carbocycles. The Morgan fingerprint density at radius 3 is 2.33 bits per heavy atom. The third-order valence-electron chi connectivity index (χ3n) is 3.81. The van der Waals surface area contributed by atoms with Gasteiger partial charge in [0.05, 0.1) is 10.6 Å². The molecule has 0 spiro atoms. The van der Waals surface area contributed by atoms with Crippen LogP contribution in [0.15, 0.2) is 27.6 Å². The van der Waals surface area contributed by atoms with E-state index in [2.05, 4.69) is 32.7 Å². The van der Waals surface area contributed by atoms with Gasteiger partial charge in [0.2, 0.25) is 0 Å². The molecule has 1 N–H and O–H groups in total. The second kappa shape index (κ2) is 7.70. The quantitative estimate of drug-likeness (QED) is 0.676. The maximum Gasteiger partial charge on any atom is 0.263 e. The second-order valence-corrected chi connectivity index (χ2v) is 8.61. The van der Waals surface area contributed by atoms with Crippen LogP contribution in [0.4, 0.5) is 5.82 Å². The molecule has 0 unspecified atom stereocenters. The van der Waals surface area contributed by atoms with E-state index < -0.39 is 10.0 Å². The molecule has 0 aliphatic carbocycles. The fourth-order valence-corrected chi connectivity index (χ4v) is 5.01. The van der Waals surface area contributed by atoms with Gasteiger partial charge in [0.15, 0.2) is 0 Å². The van der Waals surface area contributed by atoms with E-state index in [9.17, 15) is 8.42 Å². The summed E-state index contributed by atoms with van der Waals surface area (Å²) in [6, 6.07) is 5.39. The van der Waals surface area contributed by atoms with Crippen molar-refractivity contribution in [2.75, 3.05) is 4.72 Å². The van der Waals surface area contributed by atoms with Crippen LogP contribution in [0.5, 0.6) is 0 Å². The van der Waals surface area contributed by atoms with Crippen LogP contribution in [0.3, 0.4) is 0 Å². The Hall–Kier alpha value is -1.34. The van der Waals surface area contributed by atoms with Crippen LogP contribution in [0.1, 0.15) is 43.0 Å². The number of aryl methyl sites for hydroxylation is 4. The molecule has 2 aromatic rings. The van der Waals surface area contributed by atoms with Gasteiger partial charge < -0.3 is 0 Å². The number of anilines is 1. The summed E-state index contributed by atoms with van der Waals surface area (Å²) in [5.41, 5.74) is 2.22. The minimum atomic E-state index is -3.66. The lowest BCUT2D eigenvalue weighted by Gasteiger charge is -2.14.